The molecule has 45 heavy (non-hydrogen) atoms. The molecule has 0 aliphatic rings. The molecule has 0 aliphatic carbocycles. The molecule has 0 aromatic heterocycles. The van der Waals surface area contributed by atoms with Gasteiger partial charge in [-0.15, -0.1) is 0 Å². The molecule has 0 saturated heterocycles. The average molecular weight is 625 g/mol. The van der Waals surface area contributed by atoms with Crippen molar-refractivity contribution in [1.82, 2.24) is 10.2 Å². The summed E-state index contributed by atoms with van der Waals surface area (Å²) < 4.78 is 0. The lowest BCUT2D eigenvalue weighted by Crippen LogP contribution is -2.24. The fraction of sp³-hybridized carbons (Fsp3) is 0.447. The van der Waals surface area contributed by atoms with Gasteiger partial charge in [0.2, 0.25) is 6.41 Å². The normalized spacial score (nSPS) is 9.33. The maximum Gasteiger partial charge on any atom is 0.339 e. The Morgan fingerprint density at radius 1 is 0.889 bits per heavy atom. The second-order valence-electron chi connectivity index (χ2n) is 9.77. The molecule has 0 heterocycles. The van der Waals surface area contributed by atoms with E-state index in [1.165, 1.54) is 29.9 Å². The van der Waals surface area contributed by atoms with Crippen LogP contribution in [0.4, 0.5) is 0 Å². The van der Waals surface area contributed by atoms with Gasteiger partial charge in [-0.05, 0) is 62.1 Å². The molecule has 2 aromatic carbocycles. The van der Waals surface area contributed by atoms with Gasteiger partial charge in [-0.25, -0.2) is 4.79 Å². The fourth-order valence-electron chi connectivity index (χ4n) is 3.21. The predicted octanol–water partition coefficient (Wildman–Crippen LogP) is 9.72. The zero-order valence-corrected chi connectivity index (χ0v) is 29.2. The number of nitrogens with zero attached hydrogens (tertiary/aromatic N) is 1. The van der Waals surface area contributed by atoms with Crippen molar-refractivity contribution in [3.63, 3.8) is 0 Å². The van der Waals surface area contributed by atoms with Crippen LogP contribution in [0.25, 0.3) is 0 Å². The van der Waals surface area contributed by atoms with Crippen LogP contribution in [-0.2, 0) is 17.9 Å². The minimum atomic E-state index is -1.23. The first-order valence-corrected chi connectivity index (χ1v) is 16.1. The van der Waals surface area contributed by atoms with Crippen molar-refractivity contribution in [2.75, 3.05) is 6.54 Å². The van der Waals surface area contributed by atoms with E-state index >= 15 is 0 Å². The maximum absolute atomic E-state index is 12.2. The first kappa shape index (κ1) is 45.3. The number of unbranched alkanes of at least 4 members (excludes halogenated alkanes) is 3. The van der Waals surface area contributed by atoms with Gasteiger partial charge in [0, 0.05) is 25.2 Å². The number of hydrogen-bond acceptors (Lipinski definition) is 4. The van der Waals surface area contributed by atoms with Gasteiger partial charge < -0.3 is 20.4 Å². The Morgan fingerprint density at radius 3 is 1.84 bits per heavy atom. The summed E-state index contributed by atoms with van der Waals surface area (Å²) in [5.74, 6) is -1.66. The van der Waals surface area contributed by atoms with Crippen LogP contribution in [0.5, 0.6) is 5.75 Å². The molecule has 0 fully saturated rings. The van der Waals surface area contributed by atoms with E-state index in [9.17, 15) is 19.5 Å². The average Bonchev–Trinajstić information content (AvgIpc) is 3.06. The molecule has 7 heteroatoms. The Bertz CT molecular complexity index is 1100. The van der Waals surface area contributed by atoms with Crippen molar-refractivity contribution in [3.05, 3.63) is 102 Å². The largest absolute Gasteiger partial charge is 0.507 e. The zero-order chi connectivity index (χ0) is 35.0. The van der Waals surface area contributed by atoms with Gasteiger partial charge in [0.1, 0.15) is 11.3 Å². The first-order chi connectivity index (χ1) is 21.6. The zero-order valence-electron chi connectivity index (χ0n) is 29.2. The van der Waals surface area contributed by atoms with Crippen LogP contribution in [-0.4, -0.2) is 39.9 Å². The lowest BCUT2D eigenvalue weighted by Gasteiger charge is -2.18. The highest BCUT2D eigenvalue weighted by molar-refractivity contribution is 5.94. The molecule has 3 N–H and O–H groups in total. The van der Waals surface area contributed by atoms with E-state index < -0.39 is 5.97 Å². The highest BCUT2D eigenvalue weighted by Crippen LogP contribution is 2.20. The molecule has 252 valence electrons. The molecule has 2 aromatic rings. The Balaban J connectivity index is -0.000000982. The summed E-state index contributed by atoms with van der Waals surface area (Å²) in [5, 5.41) is 21.6. The number of carbonyl (C=O) groups is 3. The number of aromatic carboxylic acids is 1. The van der Waals surface area contributed by atoms with E-state index in [2.05, 4.69) is 46.2 Å². The van der Waals surface area contributed by atoms with Crippen LogP contribution in [0.15, 0.2) is 79.4 Å². The summed E-state index contributed by atoms with van der Waals surface area (Å²) in [6, 6.07) is 11.3. The Kier molecular flexibility index (Phi) is 31.5. The number of hydrogen-bond donors (Lipinski definition) is 3. The third kappa shape index (κ3) is 23.9. The number of carboxylic acid groups (broad SMARTS) is 1. The summed E-state index contributed by atoms with van der Waals surface area (Å²) in [6.45, 7) is 24.8. The van der Waals surface area contributed by atoms with Crippen molar-refractivity contribution in [3.8, 4) is 5.75 Å². The molecule has 0 aliphatic heterocycles. The fourth-order valence-corrected chi connectivity index (χ4v) is 3.21. The quantitative estimate of drug-likeness (QED) is 0.0839. The molecule has 0 saturated carbocycles. The van der Waals surface area contributed by atoms with Gasteiger partial charge in [0.15, 0.2) is 0 Å². The van der Waals surface area contributed by atoms with Crippen LogP contribution in [0, 0.1) is 0 Å². The van der Waals surface area contributed by atoms with E-state index in [1.807, 2.05) is 39.8 Å². The number of rotatable bonds is 14. The number of nitrogens with one attached hydrogen (secondary N) is 1. The monoisotopic (exact) mass is 624 g/mol. The number of carboxylic acids is 1. The van der Waals surface area contributed by atoms with Crippen LogP contribution in [0.2, 0.25) is 0 Å². The number of aromatic hydroxyl groups is 1. The Hall–Kier alpha value is -4.13. The van der Waals surface area contributed by atoms with Gasteiger partial charge in [-0.2, -0.15) is 0 Å². The second-order valence-corrected chi connectivity index (χ2v) is 9.77. The van der Waals surface area contributed by atoms with Crippen molar-refractivity contribution < 1.29 is 24.6 Å². The molecule has 0 unspecified atom stereocenters. The molecule has 0 bridgehead atoms. The number of carbonyl (C=O) groups excluding carboxylic acids is 2. The highest BCUT2D eigenvalue weighted by Gasteiger charge is 2.12. The number of amides is 2. The Morgan fingerprint density at radius 2 is 1.42 bits per heavy atom. The minimum Gasteiger partial charge on any atom is -0.507 e. The molecular weight excluding hydrogens is 564 g/mol. The first-order valence-electron chi connectivity index (χ1n) is 16.1. The van der Waals surface area contributed by atoms with Gasteiger partial charge in [-0.3, -0.25) is 9.59 Å². The molecule has 0 atom stereocenters. The highest BCUT2D eigenvalue weighted by atomic mass is 16.4. The van der Waals surface area contributed by atoms with E-state index in [1.54, 1.807) is 36.4 Å². The summed E-state index contributed by atoms with van der Waals surface area (Å²) in [4.78, 5) is 36.3. The Labute approximate surface area is 273 Å². The molecular formula is C38H60N2O5. The third-order valence-electron chi connectivity index (χ3n) is 5.82. The van der Waals surface area contributed by atoms with Crippen LogP contribution >= 0.6 is 0 Å². The third-order valence-corrected chi connectivity index (χ3v) is 5.82. The van der Waals surface area contributed by atoms with Crippen LogP contribution in [0.1, 0.15) is 126 Å². The summed E-state index contributed by atoms with van der Waals surface area (Å²) in [7, 11) is 0. The van der Waals surface area contributed by atoms with Crippen molar-refractivity contribution in [1.29, 1.82) is 0 Å². The smallest absolute Gasteiger partial charge is 0.339 e. The standard InChI is InChI=1S/C23H28N2O5.C6H10.C4H8.C3H8.C2H6/c1-2-3-4-5-12-24-22(28)19-9-6-17(7-10-19)14-25(16-26)15-18-8-11-21(27)20(13-18)23(29)30;1-4-6(3)5-2;1-3-4-2;1-3-2;1-2/h6-11,13,16,27H,2-5,12,14-15H2,1H3,(H,24,28)(H,29,30);4H,1,3,5H2,2H3;3-4H,1-2H3;3H2,1-2H3;1-2H3/b;;4-3-;;. The van der Waals surface area contributed by atoms with Crippen molar-refractivity contribution in [2.24, 2.45) is 0 Å². The number of phenols is 1. The SMILES string of the molecule is C/C=C\C.C=CC(=C)CC.CC.CCC.CCCCCCNC(=O)c1ccc(CN(C=O)Cc2ccc(O)c(C(=O)O)c2)cc1. The van der Waals surface area contributed by atoms with E-state index in [0.717, 1.165) is 36.8 Å². The minimum absolute atomic E-state index is 0.115. The van der Waals surface area contributed by atoms with Gasteiger partial charge in [0.25, 0.3) is 5.91 Å². The number of allylic oxidation sites excluding steroid dienone is 4. The number of benzene rings is 2. The van der Waals surface area contributed by atoms with Gasteiger partial charge in [0.05, 0.1) is 0 Å². The molecule has 7 nitrogen and oxygen atoms in total. The van der Waals surface area contributed by atoms with Crippen molar-refractivity contribution >= 4 is 18.3 Å². The molecule has 0 radical (unpaired) electrons. The van der Waals surface area contributed by atoms with Gasteiger partial charge in [-0.1, -0.05) is 122 Å². The summed E-state index contributed by atoms with van der Waals surface area (Å²) in [5.41, 5.74) is 2.91. The lowest BCUT2D eigenvalue weighted by atomic mass is 10.1. The van der Waals surface area contributed by atoms with Crippen molar-refractivity contribution in [2.45, 2.75) is 107 Å². The van der Waals surface area contributed by atoms with E-state index in [-0.39, 0.29) is 23.8 Å². The molecule has 0 spiro atoms. The molecule has 2 amide bonds. The lowest BCUT2D eigenvalue weighted by molar-refractivity contribution is -0.119. The van der Waals surface area contributed by atoms with Crippen LogP contribution < -0.4 is 5.32 Å². The topological polar surface area (TPSA) is 107 Å². The van der Waals surface area contributed by atoms with E-state index in [0.29, 0.717) is 30.6 Å². The van der Waals surface area contributed by atoms with E-state index in [4.69, 9.17) is 5.11 Å². The summed E-state index contributed by atoms with van der Waals surface area (Å²) in [6.07, 6.45) is 13.1. The second kappa shape index (κ2) is 31.3. The predicted molar refractivity (Wildman–Crippen MR) is 191 cm³/mol. The molecule has 2 rings (SSSR count). The van der Waals surface area contributed by atoms with Crippen LogP contribution in [0.3, 0.4) is 0 Å². The maximum atomic E-state index is 12.2. The summed E-state index contributed by atoms with van der Waals surface area (Å²) >= 11 is 0. The van der Waals surface area contributed by atoms with Gasteiger partial charge >= 0.3 is 5.97 Å².